The fourth-order valence-electron chi connectivity index (χ4n) is 4.45. The van der Waals surface area contributed by atoms with Crippen molar-refractivity contribution in [2.45, 2.75) is 26.3 Å². The molecule has 5 rings (SSSR count). The molecule has 1 aliphatic rings. The van der Waals surface area contributed by atoms with Gasteiger partial charge in [-0.25, -0.2) is 4.98 Å². The molecule has 0 bridgehead atoms. The minimum atomic E-state index is -0.167. The van der Waals surface area contributed by atoms with Crippen molar-refractivity contribution in [3.05, 3.63) is 95.3 Å². The lowest BCUT2D eigenvalue weighted by atomic mass is 10.1. The summed E-state index contributed by atoms with van der Waals surface area (Å²) in [6, 6.07) is 23.1. The van der Waals surface area contributed by atoms with Gasteiger partial charge in [-0.15, -0.1) is 0 Å². The van der Waals surface area contributed by atoms with Crippen molar-refractivity contribution in [3.8, 4) is 5.69 Å². The van der Waals surface area contributed by atoms with E-state index in [2.05, 4.69) is 14.9 Å². The highest BCUT2D eigenvalue weighted by Crippen LogP contribution is 2.22. The molecular weight excluding hydrogens is 412 g/mol. The zero-order valence-corrected chi connectivity index (χ0v) is 18.6. The molecule has 1 aliphatic heterocycles. The summed E-state index contributed by atoms with van der Waals surface area (Å²) < 4.78 is 2.08. The Morgan fingerprint density at radius 2 is 1.70 bits per heavy atom. The smallest absolute Gasteiger partial charge is 0.253 e. The molecule has 6 heteroatoms. The Balaban J connectivity index is 1.31. The number of carbonyl (C=O) groups excluding carboxylic acids is 2. The number of carbonyl (C=O) groups is 2. The normalized spacial score (nSPS) is 13.4. The van der Waals surface area contributed by atoms with Crippen molar-refractivity contribution >= 4 is 22.8 Å². The summed E-state index contributed by atoms with van der Waals surface area (Å²) in [4.78, 5) is 32.0. The van der Waals surface area contributed by atoms with Gasteiger partial charge in [-0.1, -0.05) is 30.3 Å². The lowest BCUT2D eigenvalue weighted by molar-refractivity contribution is 0.0792. The van der Waals surface area contributed by atoms with E-state index in [0.29, 0.717) is 17.7 Å². The number of aryl methyl sites for hydroxylation is 1. The second-order valence-corrected chi connectivity index (χ2v) is 8.42. The van der Waals surface area contributed by atoms with Crippen molar-refractivity contribution < 1.29 is 9.59 Å². The third-order valence-electron chi connectivity index (χ3n) is 6.12. The first-order valence-electron chi connectivity index (χ1n) is 11.3. The molecule has 0 saturated carbocycles. The predicted molar refractivity (Wildman–Crippen MR) is 129 cm³/mol. The molecule has 3 aromatic carbocycles. The van der Waals surface area contributed by atoms with E-state index in [9.17, 15) is 9.59 Å². The standard InChI is InChI=1S/C27H26N4O2/c1-19-29-24-17-21(12-13-25(24)31(19)23-10-3-2-4-11-23)26(32)28-18-20-8-7-9-22(16-20)27(33)30-14-5-6-15-30/h2-4,7-13,16-17H,5-6,14-15,18H2,1H3,(H,28,32). The highest BCUT2D eigenvalue weighted by molar-refractivity contribution is 5.98. The summed E-state index contributed by atoms with van der Waals surface area (Å²) in [6.45, 7) is 3.96. The van der Waals surface area contributed by atoms with Crippen LogP contribution >= 0.6 is 0 Å². The molecule has 6 nitrogen and oxygen atoms in total. The number of likely N-dealkylation sites (tertiary alicyclic amines) is 1. The van der Waals surface area contributed by atoms with Crippen LogP contribution in [-0.4, -0.2) is 39.4 Å². The fourth-order valence-corrected chi connectivity index (χ4v) is 4.45. The van der Waals surface area contributed by atoms with E-state index >= 15 is 0 Å². The molecule has 2 amide bonds. The van der Waals surface area contributed by atoms with Gasteiger partial charge in [0.2, 0.25) is 0 Å². The highest BCUT2D eigenvalue weighted by atomic mass is 16.2. The summed E-state index contributed by atoms with van der Waals surface area (Å²) in [5, 5.41) is 2.97. The van der Waals surface area contributed by atoms with Crippen molar-refractivity contribution in [3.63, 3.8) is 0 Å². The Kier molecular flexibility index (Phi) is 5.65. The molecule has 1 saturated heterocycles. The molecule has 0 radical (unpaired) electrons. The van der Waals surface area contributed by atoms with Gasteiger partial charge >= 0.3 is 0 Å². The maximum atomic E-state index is 12.8. The van der Waals surface area contributed by atoms with Crippen LogP contribution in [0.15, 0.2) is 72.8 Å². The summed E-state index contributed by atoms with van der Waals surface area (Å²) in [7, 11) is 0. The van der Waals surface area contributed by atoms with Crippen LogP contribution in [-0.2, 0) is 6.54 Å². The van der Waals surface area contributed by atoms with E-state index < -0.39 is 0 Å². The van der Waals surface area contributed by atoms with Gasteiger partial charge in [-0.05, 0) is 67.8 Å². The molecule has 4 aromatic rings. The molecule has 1 N–H and O–H groups in total. The van der Waals surface area contributed by atoms with Gasteiger partial charge in [0.15, 0.2) is 0 Å². The molecule has 0 spiro atoms. The Morgan fingerprint density at radius 3 is 2.48 bits per heavy atom. The summed E-state index contributed by atoms with van der Waals surface area (Å²) in [5.41, 5.74) is 4.92. The number of hydrogen-bond acceptors (Lipinski definition) is 3. The van der Waals surface area contributed by atoms with Crippen LogP contribution in [0.3, 0.4) is 0 Å². The number of nitrogens with zero attached hydrogens (tertiary/aromatic N) is 3. The average Bonchev–Trinajstić information content (AvgIpc) is 3.50. The van der Waals surface area contributed by atoms with Gasteiger partial charge in [0.05, 0.1) is 11.0 Å². The maximum absolute atomic E-state index is 12.8. The van der Waals surface area contributed by atoms with Crippen LogP contribution < -0.4 is 5.32 Å². The third kappa shape index (κ3) is 4.24. The topological polar surface area (TPSA) is 67.2 Å². The quantitative estimate of drug-likeness (QED) is 0.499. The molecule has 0 atom stereocenters. The number of imidazole rings is 1. The van der Waals surface area contributed by atoms with Gasteiger partial charge in [-0.2, -0.15) is 0 Å². The number of rotatable bonds is 5. The Morgan fingerprint density at radius 1 is 0.909 bits per heavy atom. The van der Waals surface area contributed by atoms with Gasteiger partial charge in [-0.3, -0.25) is 14.2 Å². The molecule has 33 heavy (non-hydrogen) atoms. The van der Waals surface area contributed by atoms with Crippen molar-refractivity contribution in [2.75, 3.05) is 13.1 Å². The van der Waals surface area contributed by atoms with Gasteiger partial charge < -0.3 is 10.2 Å². The number of hydrogen-bond donors (Lipinski definition) is 1. The zero-order chi connectivity index (χ0) is 22.8. The lowest BCUT2D eigenvalue weighted by Crippen LogP contribution is -2.28. The van der Waals surface area contributed by atoms with Crippen LogP contribution in [0, 0.1) is 6.92 Å². The average molecular weight is 439 g/mol. The van der Waals surface area contributed by atoms with Crippen LogP contribution in [0.2, 0.25) is 0 Å². The van der Waals surface area contributed by atoms with E-state index in [4.69, 9.17) is 0 Å². The Hall–Kier alpha value is -3.93. The second-order valence-electron chi connectivity index (χ2n) is 8.42. The van der Waals surface area contributed by atoms with Crippen LogP contribution in [0.25, 0.3) is 16.7 Å². The first-order valence-corrected chi connectivity index (χ1v) is 11.3. The summed E-state index contributed by atoms with van der Waals surface area (Å²) >= 11 is 0. The first-order chi connectivity index (χ1) is 16.1. The van der Waals surface area contributed by atoms with Crippen LogP contribution in [0.5, 0.6) is 0 Å². The number of fused-ring (bicyclic) bond motifs is 1. The van der Waals surface area contributed by atoms with Gasteiger partial charge in [0.1, 0.15) is 5.82 Å². The van der Waals surface area contributed by atoms with Crippen LogP contribution in [0.4, 0.5) is 0 Å². The molecule has 1 fully saturated rings. The molecule has 1 aromatic heterocycles. The number of nitrogens with one attached hydrogen (secondary N) is 1. The minimum Gasteiger partial charge on any atom is -0.348 e. The monoisotopic (exact) mass is 438 g/mol. The van der Waals surface area contributed by atoms with Crippen molar-refractivity contribution in [1.82, 2.24) is 19.8 Å². The maximum Gasteiger partial charge on any atom is 0.253 e. The van der Waals surface area contributed by atoms with Crippen molar-refractivity contribution in [2.24, 2.45) is 0 Å². The second kappa shape index (κ2) is 8.90. The minimum absolute atomic E-state index is 0.0653. The number of benzene rings is 3. The van der Waals surface area contributed by atoms with E-state index in [1.807, 2.05) is 84.6 Å². The van der Waals surface area contributed by atoms with E-state index in [-0.39, 0.29) is 11.8 Å². The van der Waals surface area contributed by atoms with E-state index in [1.165, 1.54) is 0 Å². The largest absolute Gasteiger partial charge is 0.348 e. The van der Waals surface area contributed by atoms with Gasteiger partial charge in [0.25, 0.3) is 11.8 Å². The summed E-state index contributed by atoms with van der Waals surface area (Å²) in [5.74, 6) is 0.767. The van der Waals surface area contributed by atoms with Gasteiger partial charge in [0, 0.05) is 36.4 Å². The number of amides is 2. The van der Waals surface area contributed by atoms with E-state index in [1.54, 1.807) is 0 Å². The molecule has 0 unspecified atom stereocenters. The highest BCUT2D eigenvalue weighted by Gasteiger charge is 2.19. The Labute approximate surface area is 192 Å². The lowest BCUT2D eigenvalue weighted by Gasteiger charge is -2.15. The third-order valence-corrected chi connectivity index (χ3v) is 6.12. The first kappa shape index (κ1) is 20.9. The SMILES string of the molecule is Cc1nc2cc(C(=O)NCc3cccc(C(=O)N4CCCC4)c3)ccc2n1-c1ccccc1. The van der Waals surface area contributed by atoms with Crippen LogP contribution in [0.1, 0.15) is 44.9 Å². The number of aromatic nitrogens is 2. The fraction of sp³-hybridized carbons (Fsp3) is 0.222. The van der Waals surface area contributed by atoms with E-state index in [0.717, 1.165) is 54.0 Å². The molecular formula is C27H26N4O2. The molecule has 2 heterocycles. The molecule has 166 valence electrons. The van der Waals surface area contributed by atoms with Crippen molar-refractivity contribution in [1.29, 1.82) is 0 Å². The Bertz CT molecular complexity index is 1320. The zero-order valence-electron chi connectivity index (χ0n) is 18.6. The summed E-state index contributed by atoms with van der Waals surface area (Å²) in [6.07, 6.45) is 2.13. The predicted octanol–water partition coefficient (Wildman–Crippen LogP) is 4.50. The number of para-hydroxylation sites is 1. The molecule has 0 aliphatic carbocycles.